The van der Waals surface area contributed by atoms with Gasteiger partial charge in [-0.1, -0.05) is 18.6 Å². The average molecular weight is 423 g/mol. The molecule has 1 aliphatic heterocycles. The number of aromatic nitrogens is 2. The van der Waals surface area contributed by atoms with Crippen LogP contribution in [0.15, 0.2) is 23.0 Å². The fourth-order valence-corrected chi connectivity index (χ4v) is 5.54. The number of alkyl halides is 2. The quantitative estimate of drug-likeness (QED) is 0.739. The van der Waals surface area contributed by atoms with Crippen molar-refractivity contribution in [1.29, 1.82) is 0 Å². The van der Waals surface area contributed by atoms with Gasteiger partial charge in [0.05, 0.1) is 16.3 Å². The molecule has 3 atom stereocenters. The molecule has 3 aliphatic rings. The summed E-state index contributed by atoms with van der Waals surface area (Å²) in [6.07, 6.45) is 11.3. The second-order valence-corrected chi connectivity index (χ2v) is 9.39. The number of hydrogen-bond acceptors (Lipinski definition) is 4. The third-order valence-electron chi connectivity index (χ3n) is 6.87. The van der Waals surface area contributed by atoms with Gasteiger partial charge in [0.15, 0.2) is 0 Å². The van der Waals surface area contributed by atoms with E-state index < -0.39 is 5.38 Å². The molecule has 7 heteroatoms. The van der Waals surface area contributed by atoms with Gasteiger partial charge in [-0.25, -0.2) is 4.98 Å². The van der Waals surface area contributed by atoms with E-state index in [1.807, 2.05) is 32.1 Å². The van der Waals surface area contributed by atoms with E-state index in [0.29, 0.717) is 23.1 Å². The molecule has 0 aromatic carbocycles. The normalized spacial score (nSPS) is 29.4. The van der Waals surface area contributed by atoms with Crippen molar-refractivity contribution < 1.29 is 0 Å². The Morgan fingerprint density at radius 1 is 1.21 bits per heavy atom. The third kappa shape index (κ3) is 3.21. The van der Waals surface area contributed by atoms with Crippen LogP contribution in [0.25, 0.3) is 5.70 Å². The Kier molecular flexibility index (Phi) is 5.36. The molecule has 0 amide bonds. The standard InChI is InChI=1S/C21H28Cl2N4O/c1-13-19(26-11-9-21(10-12-26)8-4-7-17(21)24)25-14(2)27(20(13)28)16-6-3-5-15(22)18(16)23/h3,5-6,15,17-18H,4,7-12,24H2,1-2H3/t15-,17+,18?/m0/s1. The summed E-state index contributed by atoms with van der Waals surface area (Å²) in [6.45, 7) is 5.51. The number of hydrogen-bond donors (Lipinski definition) is 1. The third-order valence-corrected chi connectivity index (χ3v) is 7.89. The van der Waals surface area contributed by atoms with Gasteiger partial charge in [-0.05, 0) is 51.0 Å². The second-order valence-electron chi connectivity index (χ2n) is 8.42. The molecule has 5 nitrogen and oxygen atoms in total. The van der Waals surface area contributed by atoms with E-state index in [4.69, 9.17) is 33.9 Å². The van der Waals surface area contributed by atoms with Crippen LogP contribution in [0, 0.1) is 19.3 Å². The number of nitrogens with zero attached hydrogens (tertiary/aromatic N) is 3. The molecular weight excluding hydrogens is 395 g/mol. The van der Waals surface area contributed by atoms with Crippen molar-refractivity contribution in [1.82, 2.24) is 9.55 Å². The maximum atomic E-state index is 13.2. The van der Waals surface area contributed by atoms with Crippen LogP contribution in [-0.2, 0) is 0 Å². The van der Waals surface area contributed by atoms with Crippen LogP contribution in [0.2, 0.25) is 0 Å². The maximum Gasteiger partial charge on any atom is 0.262 e. The number of aryl methyl sites for hydroxylation is 1. The van der Waals surface area contributed by atoms with E-state index in [1.54, 1.807) is 4.57 Å². The van der Waals surface area contributed by atoms with Gasteiger partial charge in [0.1, 0.15) is 11.6 Å². The van der Waals surface area contributed by atoms with Crippen molar-refractivity contribution in [3.8, 4) is 0 Å². The average Bonchev–Trinajstić information content (AvgIpc) is 3.02. The zero-order valence-corrected chi connectivity index (χ0v) is 18.0. The zero-order valence-electron chi connectivity index (χ0n) is 16.5. The van der Waals surface area contributed by atoms with Gasteiger partial charge in [-0.2, -0.15) is 0 Å². The molecule has 2 fully saturated rings. The first-order chi connectivity index (χ1) is 13.3. The highest BCUT2D eigenvalue weighted by Crippen LogP contribution is 2.46. The predicted octanol–water partition coefficient (Wildman–Crippen LogP) is 3.58. The fraction of sp³-hybridized carbons (Fsp3) is 0.619. The summed E-state index contributed by atoms with van der Waals surface area (Å²) < 4.78 is 1.60. The molecule has 1 aromatic heterocycles. The van der Waals surface area contributed by atoms with E-state index in [1.165, 1.54) is 12.8 Å². The summed E-state index contributed by atoms with van der Waals surface area (Å²) in [5, 5.41) is -0.810. The molecule has 2 N–H and O–H groups in total. The monoisotopic (exact) mass is 422 g/mol. The van der Waals surface area contributed by atoms with Crippen molar-refractivity contribution >= 4 is 34.7 Å². The molecule has 1 aromatic rings. The first-order valence-corrected chi connectivity index (χ1v) is 11.0. The highest BCUT2D eigenvalue weighted by molar-refractivity contribution is 6.34. The lowest BCUT2D eigenvalue weighted by Crippen LogP contribution is -2.47. The van der Waals surface area contributed by atoms with Gasteiger partial charge in [-0.15, -0.1) is 23.2 Å². The van der Waals surface area contributed by atoms with Gasteiger partial charge < -0.3 is 10.6 Å². The zero-order chi connectivity index (χ0) is 20.1. The Morgan fingerprint density at radius 3 is 2.57 bits per heavy atom. The van der Waals surface area contributed by atoms with Crippen molar-refractivity contribution in [2.24, 2.45) is 11.1 Å². The summed E-state index contributed by atoms with van der Waals surface area (Å²) in [5.74, 6) is 1.43. The highest BCUT2D eigenvalue weighted by atomic mass is 35.5. The van der Waals surface area contributed by atoms with Gasteiger partial charge in [0.25, 0.3) is 5.56 Å². The summed E-state index contributed by atoms with van der Waals surface area (Å²) in [4.78, 5) is 20.3. The topological polar surface area (TPSA) is 64.2 Å². The SMILES string of the molecule is Cc1c(N2CCC3(CCC[C@H]3N)CC2)nc(C)n(C2=CC=C[C@H](Cl)C2Cl)c1=O. The van der Waals surface area contributed by atoms with Crippen molar-refractivity contribution in [2.45, 2.75) is 62.7 Å². The van der Waals surface area contributed by atoms with Gasteiger partial charge in [0.2, 0.25) is 0 Å². The Bertz CT molecular complexity index is 883. The Labute approximate surface area is 176 Å². The van der Waals surface area contributed by atoms with E-state index in [2.05, 4.69) is 4.90 Å². The van der Waals surface area contributed by atoms with E-state index in [9.17, 15) is 4.79 Å². The van der Waals surface area contributed by atoms with Crippen LogP contribution in [0.3, 0.4) is 0 Å². The maximum absolute atomic E-state index is 13.2. The molecular formula is C21H28Cl2N4O. The predicted molar refractivity (Wildman–Crippen MR) is 116 cm³/mol. The van der Waals surface area contributed by atoms with Gasteiger partial charge in [-0.3, -0.25) is 9.36 Å². The molecule has 2 heterocycles. The molecule has 152 valence electrons. The lowest BCUT2D eigenvalue weighted by molar-refractivity contribution is 0.197. The molecule has 0 radical (unpaired) electrons. The molecule has 1 saturated carbocycles. The van der Waals surface area contributed by atoms with Gasteiger partial charge >= 0.3 is 0 Å². The minimum absolute atomic E-state index is 0.0728. The molecule has 2 aliphatic carbocycles. The fourth-order valence-electron chi connectivity index (χ4n) is 5.07. The van der Waals surface area contributed by atoms with E-state index >= 15 is 0 Å². The minimum atomic E-state index is -0.464. The lowest BCUT2D eigenvalue weighted by Gasteiger charge is -2.43. The van der Waals surface area contributed by atoms with Crippen LogP contribution >= 0.6 is 23.2 Å². The number of allylic oxidation sites excluding steroid dienone is 4. The van der Waals surface area contributed by atoms with Crippen LogP contribution in [0.4, 0.5) is 5.82 Å². The van der Waals surface area contributed by atoms with Crippen LogP contribution < -0.4 is 16.2 Å². The van der Waals surface area contributed by atoms with Crippen molar-refractivity contribution in [2.75, 3.05) is 18.0 Å². The van der Waals surface area contributed by atoms with Crippen LogP contribution in [-0.4, -0.2) is 39.4 Å². The number of anilines is 1. The summed E-state index contributed by atoms with van der Waals surface area (Å²) >= 11 is 12.7. The summed E-state index contributed by atoms with van der Waals surface area (Å²) in [6, 6.07) is 0.314. The van der Waals surface area contributed by atoms with Gasteiger partial charge in [0, 0.05) is 24.8 Å². The van der Waals surface area contributed by atoms with Crippen molar-refractivity contribution in [3.63, 3.8) is 0 Å². The Hall–Kier alpha value is -1.30. The summed E-state index contributed by atoms with van der Waals surface area (Å²) in [5.41, 5.74) is 7.96. The number of piperidine rings is 1. The Morgan fingerprint density at radius 2 is 1.93 bits per heavy atom. The van der Waals surface area contributed by atoms with E-state index in [0.717, 1.165) is 38.2 Å². The lowest BCUT2D eigenvalue weighted by atomic mass is 9.74. The molecule has 1 spiro atoms. The smallest absolute Gasteiger partial charge is 0.262 e. The molecule has 0 bridgehead atoms. The largest absolute Gasteiger partial charge is 0.356 e. The van der Waals surface area contributed by atoms with Crippen molar-refractivity contribution in [3.05, 3.63) is 40.0 Å². The molecule has 4 rings (SSSR count). The number of halogens is 2. The van der Waals surface area contributed by atoms with Crippen LogP contribution in [0.5, 0.6) is 0 Å². The molecule has 1 unspecified atom stereocenters. The first-order valence-electron chi connectivity index (χ1n) is 10.1. The number of rotatable bonds is 2. The van der Waals surface area contributed by atoms with E-state index in [-0.39, 0.29) is 16.4 Å². The highest BCUT2D eigenvalue weighted by Gasteiger charge is 2.43. The molecule has 28 heavy (non-hydrogen) atoms. The first kappa shape index (κ1) is 20.0. The van der Waals surface area contributed by atoms with Crippen LogP contribution in [0.1, 0.15) is 43.5 Å². The Balaban J connectivity index is 1.63. The molecule has 1 saturated heterocycles. The minimum Gasteiger partial charge on any atom is -0.356 e. The second kappa shape index (κ2) is 7.51. The number of nitrogens with two attached hydrogens (primary N) is 1. The summed E-state index contributed by atoms with van der Waals surface area (Å²) in [7, 11) is 0.